The quantitative estimate of drug-likeness (QED) is 0.106. The zero-order chi connectivity index (χ0) is 48.6. The van der Waals surface area contributed by atoms with Gasteiger partial charge in [-0.2, -0.15) is 0 Å². The van der Waals surface area contributed by atoms with Crippen molar-refractivity contribution in [2.45, 2.75) is 97.1 Å². The maximum atomic E-state index is 13.8. The number of nitrogens with zero attached hydrogens (tertiary/aromatic N) is 8. The van der Waals surface area contributed by atoms with Gasteiger partial charge in [-0.15, -0.1) is 5.10 Å². The second-order valence-electron chi connectivity index (χ2n) is 18.4. The third kappa shape index (κ3) is 7.49. The Hall–Kier alpha value is -7.73. The number of carbonyl (C=O) groups excluding carboxylic acids is 3. The Balaban J connectivity index is 0.771. The summed E-state index contributed by atoms with van der Waals surface area (Å²) in [5.41, 5.74) is 4.21. The SMILES string of the molecule is CCc1c2c(nc3ccc(OC(=O)N(C)C4CCN(C(=O)CCn5ccc6cc(-n7c(O)nnc7-c7cc(C(C)C)c(O)cc7O)ccc65)CC4)cc13)-c1cc3c(c(=O)n1C2)COC(=O)C3(O)CC. The molecule has 1 unspecified atom stereocenters. The molecule has 2 amide bonds. The summed E-state index contributed by atoms with van der Waals surface area (Å²) in [4.78, 5) is 61.8. The minimum Gasteiger partial charge on any atom is -0.508 e. The molecule has 7 aromatic rings. The van der Waals surface area contributed by atoms with Crippen molar-refractivity contribution in [3.63, 3.8) is 0 Å². The van der Waals surface area contributed by atoms with Gasteiger partial charge in [0.2, 0.25) is 5.91 Å². The van der Waals surface area contributed by atoms with Gasteiger partial charge in [0, 0.05) is 78.8 Å². The van der Waals surface area contributed by atoms with Crippen LogP contribution in [0.5, 0.6) is 23.3 Å². The van der Waals surface area contributed by atoms with E-state index in [0.717, 1.165) is 27.4 Å². The van der Waals surface area contributed by atoms with E-state index in [9.17, 15) is 39.6 Å². The number of likely N-dealkylation sites (tertiary alicyclic amines) is 1. The third-order valence-corrected chi connectivity index (χ3v) is 14.2. The molecule has 356 valence electrons. The highest BCUT2D eigenvalue weighted by Crippen LogP contribution is 2.42. The number of hydrogen-bond donors (Lipinski definition) is 4. The van der Waals surface area contributed by atoms with E-state index in [1.54, 1.807) is 59.8 Å². The molecule has 0 aliphatic carbocycles. The van der Waals surface area contributed by atoms with Crippen LogP contribution < -0.4 is 10.3 Å². The highest BCUT2D eigenvalue weighted by atomic mass is 16.6. The van der Waals surface area contributed by atoms with Gasteiger partial charge >= 0.3 is 18.1 Å². The molecular weight excluding hydrogens is 885 g/mol. The Kier molecular flexibility index (Phi) is 11.2. The lowest BCUT2D eigenvalue weighted by atomic mass is 9.86. The lowest BCUT2D eigenvalue weighted by molar-refractivity contribution is -0.172. The molecule has 3 aromatic carbocycles. The van der Waals surface area contributed by atoms with Crippen LogP contribution in [0.15, 0.2) is 71.7 Å². The maximum absolute atomic E-state index is 13.8. The fourth-order valence-electron chi connectivity index (χ4n) is 10.3. The molecule has 69 heavy (non-hydrogen) atoms. The highest BCUT2D eigenvalue weighted by Gasteiger charge is 2.45. The van der Waals surface area contributed by atoms with Crippen LogP contribution in [0.4, 0.5) is 4.79 Å². The smallest absolute Gasteiger partial charge is 0.415 e. The second-order valence-corrected chi connectivity index (χ2v) is 18.4. The topological polar surface area (TPSA) is 228 Å². The Morgan fingerprint density at radius 2 is 1.74 bits per heavy atom. The Labute approximate surface area is 395 Å². The van der Waals surface area contributed by atoms with Crippen LogP contribution in [0.25, 0.3) is 50.3 Å². The monoisotopic (exact) mass is 936 g/mol. The molecule has 18 heteroatoms. The van der Waals surface area contributed by atoms with Crippen LogP contribution in [0, 0.1) is 0 Å². The fraction of sp³-hybridized carbons (Fsp3) is 0.353. The van der Waals surface area contributed by atoms with Gasteiger partial charge in [0.15, 0.2) is 11.4 Å². The highest BCUT2D eigenvalue weighted by molar-refractivity contribution is 5.91. The first kappa shape index (κ1) is 45.1. The number of piperidine rings is 1. The van der Waals surface area contributed by atoms with Gasteiger partial charge in [-0.1, -0.05) is 32.8 Å². The van der Waals surface area contributed by atoms with Gasteiger partial charge in [0.05, 0.1) is 40.3 Å². The van der Waals surface area contributed by atoms with E-state index in [1.807, 2.05) is 54.6 Å². The molecule has 1 atom stereocenters. The standard InChI is InChI=1S/C51H52N8O10/c1-6-32-34-21-31(9-10-39(34)52-45-36(32)25-58-41(45)23-38-37(47(58)63)26-68-48(64)51(38,67)7-2)69-50(66)55(5)29-13-17-57(18-14-29)44(62)15-19-56-16-12-28-20-30(8-11-40(28)56)59-46(53-54-49(59)65)35-22-33(27(3)4)42(60)24-43(35)61/h8-12,16,20-24,27,29,60-61,67H,6-7,13-15,17-19,25-26H2,1-5H3,(H,54,65). The lowest BCUT2D eigenvalue weighted by Crippen LogP contribution is -2.48. The van der Waals surface area contributed by atoms with E-state index < -0.39 is 17.7 Å². The summed E-state index contributed by atoms with van der Waals surface area (Å²) in [6.07, 6.45) is 3.48. The van der Waals surface area contributed by atoms with Crippen molar-refractivity contribution in [1.82, 2.24) is 38.7 Å². The van der Waals surface area contributed by atoms with Crippen LogP contribution in [0.2, 0.25) is 0 Å². The number of aromatic hydroxyl groups is 3. The first-order valence-electron chi connectivity index (χ1n) is 23.2. The van der Waals surface area contributed by atoms with Crippen molar-refractivity contribution in [3.8, 4) is 51.7 Å². The number of amides is 2. The normalized spacial score (nSPS) is 16.7. The Morgan fingerprint density at radius 1 is 0.957 bits per heavy atom. The van der Waals surface area contributed by atoms with Crippen molar-refractivity contribution in [3.05, 3.63) is 105 Å². The van der Waals surface area contributed by atoms with Gasteiger partial charge in [0.1, 0.15) is 23.9 Å². The molecule has 1 saturated heterocycles. The van der Waals surface area contributed by atoms with E-state index in [4.69, 9.17) is 14.5 Å². The largest absolute Gasteiger partial charge is 0.508 e. The second kappa shape index (κ2) is 17.1. The summed E-state index contributed by atoms with van der Waals surface area (Å²) in [6.45, 7) is 8.98. The number of benzene rings is 3. The molecule has 4 N–H and O–H groups in total. The molecule has 0 saturated carbocycles. The number of fused-ring (bicyclic) bond motifs is 6. The van der Waals surface area contributed by atoms with Crippen LogP contribution in [-0.2, 0) is 46.0 Å². The number of aromatic nitrogens is 6. The molecule has 0 spiro atoms. The predicted molar refractivity (Wildman–Crippen MR) is 253 cm³/mol. The van der Waals surface area contributed by atoms with Crippen molar-refractivity contribution >= 4 is 39.8 Å². The number of aryl methyl sites for hydroxylation is 2. The molecule has 18 nitrogen and oxygen atoms in total. The molecular formula is C51H52N8O10. The van der Waals surface area contributed by atoms with Crippen LogP contribution >= 0.6 is 0 Å². The number of hydrogen-bond acceptors (Lipinski definition) is 13. The van der Waals surface area contributed by atoms with Gasteiger partial charge < -0.3 is 48.8 Å². The first-order valence-corrected chi connectivity index (χ1v) is 23.2. The van der Waals surface area contributed by atoms with Crippen LogP contribution in [0.3, 0.4) is 0 Å². The van der Waals surface area contributed by atoms with Crippen molar-refractivity contribution in [1.29, 1.82) is 0 Å². The summed E-state index contributed by atoms with van der Waals surface area (Å²) >= 11 is 0. The number of rotatable bonds is 10. The van der Waals surface area contributed by atoms with E-state index in [0.29, 0.717) is 78.4 Å². The Bertz CT molecular complexity index is 3330. The van der Waals surface area contributed by atoms with Crippen LogP contribution in [0.1, 0.15) is 87.1 Å². The minimum absolute atomic E-state index is 0.00724. The van der Waals surface area contributed by atoms with Gasteiger partial charge in [-0.25, -0.2) is 19.1 Å². The van der Waals surface area contributed by atoms with E-state index >= 15 is 0 Å². The van der Waals surface area contributed by atoms with Crippen LogP contribution in [-0.4, -0.2) is 103 Å². The van der Waals surface area contributed by atoms with E-state index in [-0.39, 0.29) is 83.9 Å². The number of cyclic esters (lactones) is 1. The number of carbonyl (C=O) groups is 3. The molecule has 0 radical (unpaired) electrons. The molecule has 1 fully saturated rings. The van der Waals surface area contributed by atoms with Gasteiger partial charge in [-0.05, 0) is 97.3 Å². The average Bonchev–Trinajstić information content (AvgIpc) is 4.05. The maximum Gasteiger partial charge on any atom is 0.415 e. The van der Waals surface area contributed by atoms with Crippen molar-refractivity contribution < 1.29 is 44.3 Å². The minimum atomic E-state index is -1.92. The first-order chi connectivity index (χ1) is 33.1. The van der Waals surface area contributed by atoms with E-state index in [1.165, 1.54) is 10.6 Å². The molecule has 0 bridgehead atoms. The van der Waals surface area contributed by atoms with Crippen molar-refractivity contribution in [2.24, 2.45) is 0 Å². The number of aliphatic hydroxyl groups is 1. The zero-order valence-corrected chi connectivity index (χ0v) is 38.9. The average molecular weight is 937 g/mol. The summed E-state index contributed by atoms with van der Waals surface area (Å²) in [5, 5.41) is 52.8. The number of esters is 1. The molecule has 3 aliphatic heterocycles. The third-order valence-electron chi connectivity index (χ3n) is 14.2. The number of phenolic OH excluding ortho intramolecular Hbond substituents is 2. The fourth-order valence-corrected chi connectivity index (χ4v) is 10.3. The summed E-state index contributed by atoms with van der Waals surface area (Å²) in [6, 6.07) is 16.8. The Morgan fingerprint density at radius 3 is 2.48 bits per heavy atom. The summed E-state index contributed by atoms with van der Waals surface area (Å²) < 4.78 is 16.2. The molecule has 7 heterocycles. The van der Waals surface area contributed by atoms with Crippen molar-refractivity contribution in [2.75, 3.05) is 20.1 Å². The lowest BCUT2D eigenvalue weighted by Gasteiger charge is -2.36. The number of phenols is 2. The van der Waals surface area contributed by atoms with E-state index in [2.05, 4.69) is 10.2 Å². The summed E-state index contributed by atoms with van der Waals surface area (Å²) in [7, 11) is 1.71. The molecule has 3 aliphatic rings. The molecule has 10 rings (SSSR count). The number of ether oxygens (including phenoxy) is 2. The van der Waals surface area contributed by atoms with Gasteiger partial charge in [0.25, 0.3) is 5.56 Å². The number of pyridine rings is 2. The molecule has 4 aromatic heterocycles. The zero-order valence-electron chi connectivity index (χ0n) is 38.9. The summed E-state index contributed by atoms with van der Waals surface area (Å²) in [5.74, 6) is -0.485. The predicted octanol–water partition coefficient (Wildman–Crippen LogP) is 6.60. The van der Waals surface area contributed by atoms with Gasteiger partial charge in [-0.3, -0.25) is 9.59 Å².